The minimum Gasteiger partial charge on any atom is -0.507 e. The third-order valence-corrected chi connectivity index (χ3v) is 2.40. The van der Waals surface area contributed by atoms with E-state index in [2.05, 4.69) is 5.10 Å². The van der Waals surface area contributed by atoms with Crippen molar-refractivity contribution in [1.29, 1.82) is 0 Å². The summed E-state index contributed by atoms with van der Waals surface area (Å²) in [5, 5.41) is 15.3. The number of hydrogen-bond donors (Lipinski definition) is 2. The molecule has 0 aliphatic heterocycles. The van der Waals surface area contributed by atoms with Gasteiger partial charge in [0.25, 0.3) is 0 Å². The molecule has 0 heterocycles. The summed E-state index contributed by atoms with van der Waals surface area (Å²) >= 11 is 0. The number of aromatic hydroxyl groups is 1. The molecule has 0 fully saturated rings. The molecule has 15 heavy (non-hydrogen) atoms. The molecular formula is C12H12N2O. The van der Waals surface area contributed by atoms with Gasteiger partial charge in [-0.05, 0) is 10.9 Å². The van der Waals surface area contributed by atoms with Gasteiger partial charge in [0.2, 0.25) is 0 Å². The molecule has 0 atom stereocenters. The zero-order valence-corrected chi connectivity index (χ0v) is 8.22. The molecule has 0 amide bonds. The van der Waals surface area contributed by atoms with Crippen molar-refractivity contribution in [3.8, 4) is 5.75 Å². The van der Waals surface area contributed by atoms with Crippen LogP contribution in [-0.4, -0.2) is 11.3 Å². The van der Waals surface area contributed by atoms with E-state index in [1.807, 2.05) is 36.4 Å². The SMILES string of the molecule is NN=CCc1ccc2ccccc2c1O. The van der Waals surface area contributed by atoms with Crippen molar-refractivity contribution in [2.45, 2.75) is 6.42 Å². The van der Waals surface area contributed by atoms with Gasteiger partial charge in [-0.25, -0.2) is 0 Å². The monoisotopic (exact) mass is 200 g/mol. The quantitative estimate of drug-likeness (QED) is 0.442. The fraction of sp³-hybridized carbons (Fsp3) is 0.0833. The van der Waals surface area contributed by atoms with Crippen molar-refractivity contribution in [2.75, 3.05) is 0 Å². The summed E-state index contributed by atoms with van der Waals surface area (Å²) in [6.45, 7) is 0. The van der Waals surface area contributed by atoms with Crippen molar-refractivity contribution in [2.24, 2.45) is 10.9 Å². The van der Waals surface area contributed by atoms with Crippen molar-refractivity contribution in [1.82, 2.24) is 0 Å². The number of benzene rings is 2. The molecule has 2 aromatic rings. The second kappa shape index (κ2) is 4.00. The van der Waals surface area contributed by atoms with Crippen molar-refractivity contribution < 1.29 is 5.11 Å². The fourth-order valence-corrected chi connectivity index (χ4v) is 1.62. The van der Waals surface area contributed by atoms with Gasteiger partial charge in [-0.2, -0.15) is 5.10 Å². The van der Waals surface area contributed by atoms with Crippen LogP contribution >= 0.6 is 0 Å². The average Bonchev–Trinajstić information content (AvgIpc) is 2.29. The van der Waals surface area contributed by atoms with Crippen molar-refractivity contribution in [3.05, 3.63) is 42.0 Å². The lowest BCUT2D eigenvalue weighted by Crippen LogP contribution is -1.90. The molecule has 0 unspecified atom stereocenters. The van der Waals surface area contributed by atoms with Gasteiger partial charge in [-0.1, -0.05) is 36.4 Å². The summed E-state index contributed by atoms with van der Waals surface area (Å²) in [5.41, 5.74) is 0.836. The molecular weight excluding hydrogens is 188 g/mol. The number of hydrogen-bond acceptors (Lipinski definition) is 3. The van der Waals surface area contributed by atoms with Gasteiger partial charge >= 0.3 is 0 Å². The lowest BCUT2D eigenvalue weighted by atomic mass is 10.0. The van der Waals surface area contributed by atoms with Crippen LogP contribution < -0.4 is 5.84 Å². The second-order valence-electron chi connectivity index (χ2n) is 3.33. The van der Waals surface area contributed by atoms with Crippen LogP contribution in [0.3, 0.4) is 0 Å². The van der Waals surface area contributed by atoms with Crippen LogP contribution in [0, 0.1) is 0 Å². The maximum atomic E-state index is 9.97. The van der Waals surface area contributed by atoms with Crippen LogP contribution in [-0.2, 0) is 6.42 Å². The van der Waals surface area contributed by atoms with Gasteiger partial charge in [0.1, 0.15) is 5.75 Å². The first-order valence-corrected chi connectivity index (χ1v) is 4.74. The van der Waals surface area contributed by atoms with Crippen LogP contribution in [0.25, 0.3) is 10.8 Å². The molecule has 2 aromatic carbocycles. The number of fused-ring (bicyclic) bond motifs is 1. The first kappa shape index (κ1) is 9.52. The lowest BCUT2D eigenvalue weighted by Gasteiger charge is -2.05. The number of nitrogens with two attached hydrogens (primary N) is 1. The zero-order chi connectivity index (χ0) is 10.7. The smallest absolute Gasteiger partial charge is 0.126 e. The van der Waals surface area contributed by atoms with Gasteiger partial charge in [-0.3, -0.25) is 0 Å². The molecule has 0 spiro atoms. The second-order valence-corrected chi connectivity index (χ2v) is 3.33. The van der Waals surface area contributed by atoms with Crippen LogP contribution in [0.15, 0.2) is 41.5 Å². The van der Waals surface area contributed by atoms with E-state index in [4.69, 9.17) is 5.84 Å². The van der Waals surface area contributed by atoms with E-state index in [0.29, 0.717) is 12.2 Å². The fourth-order valence-electron chi connectivity index (χ4n) is 1.62. The molecule has 0 aliphatic carbocycles. The van der Waals surface area contributed by atoms with Gasteiger partial charge in [0.15, 0.2) is 0 Å². The Labute approximate surface area is 87.8 Å². The Morgan fingerprint density at radius 1 is 1.20 bits per heavy atom. The molecule has 0 aliphatic rings. The molecule has 0 saturated carbocycles. The highest BCUT2D eigenvalue weighted by Gasteiger charge is 2.04. The summed E-state index contributed by atoms with van der Waals surface area (Å²) in [5.74, 6) is 5.34. The Kier molecular flexibility index (Phi) is 2.54. The maximum Gasteiger partial charge on any atom is 0.126 e. The van der Waals surface area contributed by atoms with Gasteiger partial charge in [0, 0.05) is 18.0 Å². The highest BCUT2D eigenvalue weighted by atomic mass is 16.3. The molecule has 0 saturated heterocycles. The van der Waals surface area contributed by atoms with E-state index in [9.17, 15) is 5.11 Å². The third-order valence-electron chi connectivity index (χ3n) is 2.40. The highest BCUT2D eigenvalue weighted by molar-refractivity contribution is 5.89. The van der Waals surface area contributed by atoms with E-state index in [0.717, 1.165) is 16.3 Å². The Bertz CT molecular complexity index is 506. The molecule has 0 radical (unpaired) electrons. The average molecular weight is 200 g/mol. The van der Waals surface area contributed by atoms with E-state index >= 15 is 0 Å². The predicted octanol–water partition coefficient (Wildman–Crippen LogP) is 2.03. The van der Waals surface area contributed by atoms with E-state index < -0.39 is 0 Å². The largest absolute Gasteiger partial charge is 0.507 e. The molecule has 76 valence electrons. The van der Waals surface area contributed by atoms with Gasteiger partial charge in [-0.15, -0.1) is 0 Å². The van der Waals surface area contributed by atoms with Crippen LogP contribution in [0.2, 0.25) is 0 Å². The first-order chi connectivity index (χ1) is 7.33. The molecule has 3 nitrogen and oxygen atoms in total. The van der Waals surface area contributed by atoms with Gasteiger partial charge in [0.05, 0.1) is 0 Å². The zero-order valence-electron chi connectivity index (χ0n) is 8.22. The van der Waals surface area contributed by atoms with Crippen LogP contribution in [0.4, 0.5) is 0 Å². The maximum absolute atomic E-state index is 9.97. The number of phenolic OH excluding ortho intramolecular Hbond substituents is 1. The van der Waals surface area contributed by atoms with Crippen molar-refractivity contribution >= 4 is 17.0 Å². The summed E-state index contributed by atoms with van der Waals surface area (Å²) < 4.78 is 0. The first-order valence-electron chi connectivity index (χ1n) is 4.74. The van der Waals surface area contributed by atoms with Crippen LogP contribution in [0.5, 0.6) is 5.75 Å². The minimum absolute atomic E-state index is 0.313. The van der Waals surface area contributed by atoms with Gasteiger partial charge < -0.3 is 10.9 Å². The molecule has 3 heteroatoms. The van der Waals surface area contributed by atoms with Crippen LogP contribution in [0.1, 0.15) is 5.56 Å². The minimum atomic E-state index is 0.313. The predicted molar refractivity (Wildman–Crippen MR) is 62.0 cm³/mol. The highest BCUT2D eigenvalue weighted by Crippen LogP contribution is 2.28. The van der Waals surface area contributed by atoms with Crippen molar-refractivity contribution in [3.63, 3.8) is 0 Å². The van der Waals surface area contributed by atoms with E-state index in [1.165, 1.54) is 0 Å². The Balaban J connectivity index is 2.55. The summed E-state index contributed by atoms with van der Waals surface area (Å²) in [7, 11) is 0. The third kappa shape index (κ3) is 1.76. The number of phenols is 1. The standard InChI is InChI=1S/C12H12N2O/c13-14-8-7-10-6-5-9-3-1-2-4-11(9)12(10)15/h1-6,8,15H,7,13H2. The number of rotatable bonds is 2. The Morgan fingerprint density at radius 2 is 2.00 bits per heavy atom. The number of hydrazone groups is 1. The number of nitrogens with zero attached hydrogens (tertiary/aromatic N) is 1. The lowest BCUT2D eigenvalue weighted by molar-refractivity contribution is 0.476. The van der Waals surface area contributed by atoms with E-state index in [-0.39, 0.29) is 0 Å². The topological polar surface area (TPSA) is 58.6 Å². The molecule has 2 rings (SSSR count). The molecule has 3 N–H and O–H groups in total. The summed E-state index contributed by atoms with van der Waals surface area (Å²) in [6, 6.07) is 11.6. The van der Waals surface area contributed by atoms with E-state index in [1.54, 1.807) is 6.21 Å². The summed E-state index contributed by atoms with van der Waals surface area (Å²) in [6.07, 6.45) is 2.12. The normalized spacial score (nSPS) is 11.2. The molecule has 0 aromatic heterocycles. The Hall–Kier alpha value is -2.03. The Morgan fingerprint density at radius 3 is 2.80 bits per heavy atom. The summed E-state index contributed by atoms with van der Waals surface area (Å²) in [4.78, 5) is 0. The molecule has 0 bridgehead atoms.